The molecule has 0 unspecified atom stereocenters. The molecule has 1 amide bonds. The van der Waals surface area contributed by atoms with Crippen molar-refractivity contribution in [1.29, 1.82) is 0 Å². The zero-order chi connectivity index (χ0) is 16.9. The van der Waals surface area contributed by atoms with Crippen molar-refractivity contribution in [2.24, 2.45) is 4.99 Å². The first kappa shape index (κ1) is 16.4. The standard InChI is InChI=1S/C16H17N3O4S/c1-3-22-9-8-19-12-5-4-11(21-2)10-14(12)24-16(19)18-15(20)13-6-7-17-23-13/h4-7,10H,3,8-9H2,1-2H3. The van der Waals surface area contributed by atoms with Gasteiger partial charge >= 0.3 is 5.91 Å². The topological polar surface area (TPSA) is 78.9 Å². The molecule has 2 heterocycles. The summed E-state index contributed by atoms with van der Waals surface area (Å²) in [4.78, 5) is 17.0. The zero-order valence-corrected chi connectivity index (χ0v) is 14.2. The average molecular weight is 347 g/mol. The lowest BCUT2D eigenvalue weighted by molar-refractivity contribution is 0.0961. The lowest BCUT2D eigenvalue weighted by Gasteiger charge is -2.05. The molecule has 0 saturated carbocycles. The van der Waals surface area contributed by atoms with Crippen molar-refractivity contribution in [3.05, 3.63) is 41.0 Å². The van der Waals surface area contributed by atoms with Crippen molar-refractivity contribution >= 4 is 27.5 Å². The molecule has 0 spiro atoms. The van der Waals surface area contributed by atoms with Crippen molar-refractivity contribution < 1.29 is 18.8 Å². The monoisotopic (exact) mass is 347 g/mol. The predicted octanol–water partition coefficient (Wildman–Crippen LogP) is 2.48. The maximum Gasteiger partial charge on any atom is 0.318 e. The number of thiazole rings is 1. The minimum atomic E-state index is -0.462. The van der Waals surface area contributed by atoms with E-state index in [1.54, 1.807) is 7.11 Å². The molecule has 126 valence electrons. The second-order valence-corrected chi connectivity index (χ2v) is 5.87. The third-order valence-electron chi connectivity index (χ3n) is 3.40. The Kier molecular flexibility index (Phi) is 5.07. The molecular weight excluding hydrogens is 330 g/mol. The number of methoxy groups -OCH3 is 1. The largest absolute Gasteiger partial charge is 0.497 e. The Bertz CT molecular complexity index is 896. The fourth-order valence-electron chi connectivity index (χ4n) is 2.25. The molecule has 0 N–H and O–H groups in total. The summed E-state index contributed by atoms with van der Waals surface area (Å²) >= 11 is 1.41. The lowest BCUT2D eigenvalue weighted by Crippen LogP contribution is -2.19. The number of rotatable bonds is 6. The van der Waals surface area contributed by atoms with Gasteiger partial charge in [0, 0.05) is 19.2 Å². The first-order valence-corrected chi connectivity index (χ1v) is 8.29. The van der Waals surface area contributed by atoms with Crippen LogP contribution in [0.25, 0.3) is 10.2 Å². The van der Waals surface area contributed by atoms with Crippen LogP contribution in [0.2, 0.25) is 0 Å². The van der Waals surface area contributed by atoms with Crippen molar-refractivity contribution in [3.8, 4) is 5.75 Å². The van der Waals surface area contributed by atoms with E-state index < -0.39 is 5.91 Å². The number of hydrogen-bond acceptors (Lipinski definition) is 6. The van der Waals surface area contributed by atoms with Gasteiger partial charge in [-0.25, -0.2) is 0 Å². The summed E-state index contributed by atoms with van der Waals surface area (Å²) in [5.41, 5.74) is 0.977. The molecule has 1 aromatic carbocycles. The van der Waals surface area contributed by atoms with Gasteiger partial charge in [0.15, 0.2) is 4.80 Å². The summed E-state index contributed by atoms with van der Waals surface area (Å²) in [5.74, 6) is 0.409. The van der Waals surface area contributed by atoms with Crippen molar-refractivity contribution in [1.82, 2.24) is 9.72 Å². The number of carbonyl (C=O) groups is 1. The van der Waals surface area contributed by atoms with Gasteiger partial charge in [-0.3, -0.25) is 4.79 Å². The molecular formula is C16H17N3O4S. The molecule has 3 rings (SSSR count). The van der Waals surface area contributed by atoms with E-state index >= 15 is 0 Å². The number of benzene rings is 1. The number of carbonyl (C=O) groups excluding carboxylic acids is 1. The molecule has 2 aromatic heterocycles. The minimum absolute atomic E-state index is 0.112. The van der Waals surface area contributed by atoms with Gasteiger partial charge in [-0.05, 0) is 25.1 Å². The van der Waals surface area contributed by atoms with Crippen LogP contribution in [0.15, 0.2) is 40.0 Å². The third kappa shape index (κ3) is 3.39. The summed E-state index contributed by atoms with van der Waals surface area (Å²) in [6.07, 6.45) is 1.42. The molecule has 24 heavy (non-hydrogen) atoms. The average Bonchev–Trinajstić information content (AvgIpc) is 3.23. The molecule has 3 aromatic rings. The molecule has 0 saturated heterocycles. The Labute approximate surface area is 142 Å². The van der Waals surface area contributed by atoms with Crippen LogP contribution >= 0.6 is 11.3 Å². The summed E-state index contributed by atoms with van der Waals surface area (Å²) < 4.78 is 18.5. The van der Waals surface area contributed by atoms with Gasteiger partial charge < -0.3 is 18.6 Å². The van der Waals surface area contributed by atoms with Crippen LogP contribution in [0.1, 0.15) is 17.5 Å². The molecule has 0 bridgehead atoms. The van der Waals surface area contributed by atoms with Gasteiger partial charge in [-0.2, -0.15) is 4.99 Å². The van der Waals surface area contributed by atoms with Crippen LogP contribution in [0, 0.1) is 0 Å². The highest BCUT2D eigenvalue weighted by Gasteiger charge is 2.12. The maximum atomic E-state index is 12.2. The first-order chi connectivity index (χ1) is 11.7. The Hall–Kier alpha value is -2.45. The highest BCUT2D eigenvalue weighted by atomic mass is 32.1. The van der Waals surface area contributed by atoms with Gasteiger partial charge in [-0.1, -0.05) is 16.5 Å². The van der Waals surface area contributed by atoms with Crippen LogP contribution in [-0.2, 0) is 11.3 Å². The highest BCUT2D eigenvalue weighted by Crippen LogP contribution is 2.23. The predicted molar refractivity (Wildman–Crippen MR) is 89.3 cm³/mol. The maximum absolute atomic E-state index is 12.2. The summed E-state index contributed by atoms with van der Waals surface area (Å²) in [6.45, 7) is 3.72. The molecule has 0 aliphatic carbocycles. The van der Waals surface area contributed by atoms with E-state index in [4.69, 9.17) is 14.0 Å². The van der Waals surface area contributed by atoms with Crippen LogP contribution in [0.5, 0.6) is 5.75 Å². The summed E-state index contributed by atoms with van der Waals surface area (Å²) in [5, 5.41) is 3.54. The number of aromatic nitrogens is 2. The van der Waals surface area contributed by atoms with E-state index in [-0.39, 0.29) is 5.76 Å². The van der Waals surface area contributed by atoms with Gasteiger partial charge in [-0.15, -0.1) is 0 Å². The summed E-state index contributed by atoms with van der Waals surface area (Å²) in [7, 11) is 1.62. The number of hydrogen-bond donors (Lipinski definition) is 0. The second kappa shape index (κ2) is 7.41. The van der Waals surface area contributed by atoms with Crippen LogP contribution in [-0.4, -0.2) is 36.0 Å². The van der Waals surface area contributed by atoms with Crippen molar-refractivity contribution in [2.75, 3.05) is 20.3 Å². The van der Waals surface area contributed by atoms with E-state index in [1.165, 1.54) is 23.6 Å². The second-order valence-electron chi connectivity index (χ2n) is 4.86. The van der Waals surface area contributed by atoms with Gasteiger partial charge in [0.25, 0.3) is 0 Å². The van der Waals surface area contributed by atoms with E-state index in [0.717, 1.165) is 16.0 Å². The van der Waals surface area contributed by atoms with Gasteiger partial charge in [0.05, 0.1) is 30.1 Å². The van der Waals surface area contributed by atoms with Crippen molar-refractivity contribution in [3.63, 3.8) is 0 Å². The fraction of sp³-hybridized carbons (Fsp3) is 0.312. The van der Waals surface area contributed by atoms with Gasteiger partial charge in [0.2, 0.25) is 5.76 Å². The zero-order valence-electron chi connectivity index (χ0n) is 13.4. The molecule has 8 heteroatoms. The van der Waals surface area contributed by atoms with Crippen LogP contribution < -0.4 is 9.54 Å². The van der Waals surface area contributed by atoms with Crippen LogP contribution in [0.4, 0.5) is 0 Å². The van der Waals surface area contributed by atoms with Gasteiger partial charge in [0.1, 0.15) is 5.75 Å². The fourth-order valence-corrected chi connectivity index (χ4v) is 3.33. The smallest absolute Gasteiger partial charge is 0.318 e. The lowest BCUT2D eigenvalue weighted by atomic mass is 10.3. The Morgan fingerprint density at radius 2 is 2.29 bits per heavy atom. The van der Waals surface area contributed by atoms with E-state index in [9.17, 15) is 4.79 Å². The summed E-state index contributed by atoms with van der Waals surface area (Å²) in [6, 6.07) is 7.25. The quantitative estimate of drug-likeness (QED) is 0.640. The number of ether oxygens (including phenoxy) is 2. The minimum Gasteiger partial charge on any atom is -0.497 e. The van der Waals surface area contributed by atoms with Crippen molar-refractivity contribution in [2.45, 2.75) is 13.5 Å². The van der Waals surface area contributed by atoms with Crippen LogP contribution in [0.3, 0.4) is 0 Å². The Morgan fingerprint density at radius 3 is 3.00 bits per heavy atom. The number of fused-ring (bicyclic) bond motifs is 1. The molecule has 0 radical (unpaired) electrons. The molecule has 0 aliphatic heterocycles. The number of amides is 1. The van der Waals surface area contributed by atoms with E-state index in [0.29, 0.717) is 24.6 Å². The normalized spacial score (nSPS) is 12.0. The van der Waals surface area contributed by atoms with E-state index in [1.807, 2.05) is 29.7 Å². The first-order valence-electron chi connectivity index (χ1n) is 7.47. The highest BCUT2D eigenvalue weighted by molar-refractivity contribution is 7.16. The Balaban J connectivity index is 2.06. The molecule has 0 atom stereocenters. The van der Waals surface area contributed by atoms with E-state index in [2.05, 4.69) is 10.1 Å². The molecule has 7 nitrogen and oxygen atoms in total. The number of nitrogens with zero attached hydrogens (tertiary/aromatic N) is 3. The molecule has 0 aliphatic rings. The Morgan fingerprint density at radius 1 is 1.42 bits per heavy atom. The SMILES string of the molecule is CCOCCn1c(=NC(=O)c2ccno2)sc2cc(OC)ccc21. The third-order valence-corrected chi connectivity index (χ3v) is 4.44. The molecule has 0 fully saturated rings.